The first-order valence-corrected chi connectivity index (χ1v) is 7.40. The van der Waals surface area contributed by atoms with Gasteiger partial charge in [0.1, 0.15) is 0 Å². The summed E-state index contributed by atoms with van der Waals surface area (Å²) in [4.78, 5) is 37.8. The smallest absolute Gasteiger partial charge is 0.409 e. The fourth-order valence-electron chi connectivity index (χ4n) is 2.53. The fraction of sp³-hybridized carbons (Fsp3) is 0.467. The minimum absolute atomic E-state index is 0.0685. The number of carbonyl (C=O) groups excluding carboxylic acids is 2. The summed E-state index contributed by atoms with van der Waals surface area (Å²) in [6.45, 7) is 5.14. The van der Waals surface area contributed by atoms with Gasteiger partial charge in [-0.2, -0.15) is 0 Å². The summed E-state index contributed by atoms with van der Waals surface area (Å²) >= 11 is 0. The number of piperazine rings is 1. The first kappa shape index (κ1) is 16.7. The van der Waals surface area contributed by atoms with Gasteiger partial charge in [0.15, 0.2) is 0 Å². The number of benzene rings is 1. The van der Waals surface area contributed by atoms with Crippen LogP contribution >= 0.6 is 0 Å². The Morgan fingerprint density at radius 3 is 2.39 bits per heavy atom. The number of ether oxygens (including phenoxy) is 1. The largest absolute Gasteiger partial charge is 0.450 e. The van der Waals surface area contributed by atoms with Crippen LogP contribution in [0.1, 0.15) is 22.8 Å². The van der Waals surface area contributed by atoms with Crippen LogP contribution < -0.4 is 0 Å². The minimum atomic E-state index is -0.495. The second-order valence-electron chi connectivity index (χ2n) is 5.18. The molecule has 1 aromatic carbocycles. The molecule has 1 heterocycles. The number of amides is 2. The predicted molar refractivity (Wildman–Crippen MR) is 82.3 cm³/mol. The van der Waals surface area contributed by atoms with E-state index in [1.54, 1.807) is 29.7 Å². The van der Waals surface area contributed by atoms with Gasteiger partial charge >= 0.3 is 6.09 Å². The van der Waals surface area contributed by atoms with Crippen molar-refractivity contribution in [1.29, 1.82) is 0 Å². The van der Waals surface area contributed by atoms with Crippen molar-refractivity contribution in [3.63, 3.8) is 0 Å². The van der Waals surface area contributed by atoms with Gasteiger partial charge in [-0.05, 0) is 19.9 Å². The van der Waals surface area contributed by atoms with E-state index in [1.165, 1.54) is 12.1 Å². The van der Waals surface area contributed by atoms with Gasteiger partial charge in [0.25, 0.3) is 11.6 Å². The molecule has 1 fully saturated rings. The molecule has 0 unspecified atom stereocenters. The highest BCUT2D eigenvalue weighted by Crippen LogP contribution is 2.22. The fourth-order valence-corrected chi connectivity index (χ4v) is 2.53. The highest BCUT2D eigenvalue weighted by molar-refractivity contribution is 5.96. The van der Waals surface area contributed by atoms with Crippen molar-refractivity contribution in [2.75, 3.05) is 32.8 Å². The Balaban J connectivity index is 2.07. The van der Waals surface area contributed by atoms with E-state index >= 15 is 0 Å². The van der Waals surface area contributed by atoms with Gasteiger partial charge in [-0.1, -0.05) is 6.07 Å². The quantitative estimate of drug-likeness (QED) is 0.625. The Labute approximate surface area is 133 Å². The molecule has 1 saturated heterocycles. The van der Waals surface area contributed by atoms with Crippen molar-refractivity contribution in [3.05, 3.63) is 39.4 Å². The maximum atomic E-state index is 12.6. The molecule has 0 saturated carbocycles. The normalized spacial score (nSPS) is 14.5. The van der Waals surface area contributed by atoms with Crippen LogP contribution in [0, 0.1) is 17.0 Å². The average molecular weight is 321 g/mol. The second kappa shape index (κ2) is 7.08. The van der Waals surface area contributed by atoms with E-state index in [-0.39, 0.29) is 17.7 Å². The first-order chi connectivity index (χ1) is 11.0. The zero-order chi connectivity index (χ0) is 17.0. The van der Waals surface area contributed by atoms with E-state index in [0.29, 0.717) is 43.9 Å². The first-order valence-electron chi connectivity index (χ1n) is 7.40. The lowest BCUT2D eigenvalue weighted by molar-refractivity contribution is -0.385. The van der Waals surface area contributed by atoms with E-state index in [0.717, 1.165) is 0 Å². The highest BCUT2D eigenvalue weighted by atomic mass is 16.6. The SMILES string of the molecule is CCOC(=O)N1CCN(C(=O)c2cccc([N+](=O)[O-])c2C)CC1. The van der Waals surface area contributed by atoms with Crippen LogP contribution in [0.4, 0.5) is 10.5 Å². The zero-order valence-corrected chi connectivity index (χ0v) is 13.2. The van der Waals surface area contributed by atoms with Crippen LogP contribution in [-0.4, -0.2) is 59.5 Å². The molecule has 1 aliphatic heterocycles. The van der Waals surface area contributed by atoms with Gasteiger partial charge in [-0.3, -0.25) is 14.9 Å². The molecular weight excluding hydrogens is 302 g/mol. The Morgan fingerprint density at radius 1 is 1.22 bits per heavy atom. The maximum Gasteiger partial charge on any atom is 0.409 e. The van der Waals surface area contributed by atoms with Crippen LogP contribution in [0.15, 0.2) is 18.2 Å². The lowest BCUT2D eigenvalue weighted by Crippen LogP contribution is -2.50. The summed E-state index contributed by atoms with van der Waals surface area (Å²) in [6, 6.07) is 4.47. The standard InChI is InChI=1S/C15H19N3O5/c1-3-23-15(20)17-9-7-16(8-10-17)14(19)12-5-4-6-13(11(12)2)18(21)22/h4-6H,3,7-10H2,1-2H3. The summed E-state index contributed by atoms with van der Waals surface area (Å²) in [5.74, 6) is -0.255. The summed E-state index contributed by atoms with van der Waals surface area (Å²) in [5, 5.41) is 11.0. The molecule has 0 radical (unpaired) electrons. The van der Waals surface area contributed by atoms with E-state index in [1.807, 2.05) is 0 Å². The molecule has 1 aliphatic rings. The topological polar surface area (TPSA) is 93.0 Å². The van der Waals surface area contributed by atoms with Gasteiger partial charge in [-0.15, -0.1) is 0 Å². The number of rotatable bonds is 3. The summed E-state index contributed by atoms with van der Waals surface area (Å²) in [5.41, 5.74) is 0.611. The third-order valence-corrected chi connectivity index (χ3v) is 3.83. The van der Waals surface area contributed by atoms with Gasteiger partial charge in [-0.25, -0.2) is 4.79 Å². The molecule has 2 amide bonds. The molecule has 1 aromatic rings. The lowest BCUT2D eigenvalue weighted by Gasteiger charge is -2.34. The average Bonchev–Trinajstić information content (AvgIpc) is 2.54. The number of carbonyl (C=O) groups is 2. The van der Waals surface area contributed by atoms with Gasteiger partial charge in [0.05, 0.1) is 11.5 Å². The highest BCUT2D eigenvalue weighted by Gasteiger charge is 2.27. The third kappa shape index (κ3) is 3.58. The monoisotopic (exact) mass is 321 g/mol. The Kier molecular flexibility index (Phi) is 5.15. The van der Waals surface area contributed by atoms with Crippen molar-refractivity contribution in [1.82, 2.24) is 9.80 Å². The number of nitro groups is 1. The van der Waals surface area contributed by atoms with Crippen LogP contribution in [-0.2, 0) is 4.74 Å². The van der Waals surface area contributed by atoms with Gasteiger partial charge in [0, 0.05) is 43.4 Å². The van der Waals surface area contributed by atoms with E-state index in [9.17, 15) is 19.7 Å². The second-order valence-corrected chi connectivity index (χ2v) is 5.18. The van der Waals surface area contributed by atoms with Crippen LogP contribution in [0.2, 0.25) is 0 Å². The van der Waals surface area contributed by atoms with Crippen molar-refractivity contribution in [3.8, 4) is 0 Å². The number of hydrogen-bond acceptors (Lipinski definition) is 5. The Bertz CT molecular complexity index is 624. The summed E-state index contributed by atoms with van der Waals surface area (Å²) in [7, 11) is 0. The van der Waals surface area contributed by atoms with E-state index in [4.69, 9.17) is 4.74 Å². The van der Waals surface area contributed by atoms with E-state index in [2.05, 4.69) is 0 Å². The van der Waals surface area contributed by atoms with Gasteiger partial charge in [0.2, 0.25) is 0 Å². The van der Waals surface area contributed by atoms with E-state index < -0.39 is 4.92 Å². The molecule has 8 heteroatoms. The molecular formula is C15H19N3O5. The van der Waals surface area contributed by atoms with Crippen molar-refractivity contribution < 1.29 is 19.2 Å². The summed E-state index contributed by atoms with van der Waals surface area (Å²) in [6.07, 6.45) is -0.383. The number of hydrogen-bond donors (Lipinski definition) is 0. The van der Waals surface area contributed by atoms with Crippen LogP contribution in [0.3, 0.4) is 0 Å². The molecule has 0 N–H and O–H groups in total. The Morgan fingerprint density at radius 2 is 1.83 bits per heavy atom. The predicted octanol–water partition coefficient (Wildman–Crippen LogP) is 1.82. The number of nitro benzene ring substituents is 1. The van der Waals surface area contributed by atoms with Crippen molar-refractivity contribution in [2.45, 2.75) is 13.8 Å². The molecule has 0 aromatic heterocycles. The van der Waals surface area contributed by atoms with Crippen LogP contribution in [0.25, 0.3) is 0 Å². The summed E-state index contributed by atoms with van der Waals surface area (Å²) < 4.78 is 4.93. The zero-order valence-electron chi connectivity index (χ0n) is 13.2. The molecule has 2 rings (SSSR count). The van der Waals surface area contributed by atoms with Gasteiger partial charge < -0.3 is 14.5 Å². The number of nitrogens with zero attached hydrogens (tertiary/aromatic N) is 3. The molecule has 0 bridgehead atoms. The lowest BCUT2D eigenvalue weighted by atomic mass is 10.1. The van der Waals surface area contributed by atoms with Crippen molar-refractivity contribution in [2.24, 2.45) is 0 Å². The molecule has 0 spiro atoms. The Hall–Kier alpha value is -2.64. The maximum absolute atomic E-state index is 12.6. The third-order valence-electron chi connectivity index (χ3n) is 3.83. The molecule has 0 atom stereocenters. The molecule has 0 aliphatic carbocycles. The van der Waals surface area contributed by atoms with Crippen LogP contribution in [0.5, 0.6) is 0 Å². The molecule has 8 nitrogen and oxygen atoms in total. The molecule has 124 valence electrons. The minimum Gasteiger partial charge on any atom is -0.450 e. The molecule has 23 heavy (non-hydrogen) atoms. The van der Waals surface area contributed by atoms with Crippen molar-refractivity contribution >= 4 is 17.7 Å².